The summed E-state index contributed by atoms with van der Waals surface area (Å²) in [5.74, 6) is 0.425. The zero-order valence-electron chi connectivity index (χ0n) is 19.0. The highest BCUT2D eigenvalue weighted by molar-refractivity contribution is 6.18. The number of fused-ring (bicyclic) bond motifs is 5. The lowest BCUT2D eigenvalue weighted by Gasteiger charge is -2.08. The lowest BCUT2D eigenvalue weighted by atomic mass is 10.1. The number of carbonyl (C=O) groups excluding carboxylic acids is 1. The zero-order chi connectivity index (χ0) is 23.8. The van der Waals surface area contributed by atoms with Crippen molar-refractivity contribution in [2.24, 2.45) is 0 Å². The molecule has 6 rings (SSSR count). The van der Waals surface area contributed by atoms with Gasteiger partial charge in [0.2, 0.25) is 0 Å². The third-order valence-electron chi connectivity index (χ3n) is 6.44. The van der Waals surface area contributed by atoms with Gasteiger partial charge in [0, 0.05) is 34.3 Å². The number of rotatable bonds is 7. The molecule has 0 aliphatic rings. The summed E-state index contributed by atoms with van der Waals surface area (Å²) in [4.78, 5) is 30.2. The van der Waals surface area contributed by atoms with Gasteiger partial charge in [-0.1, -0.05) is 48.5 Å². The standard InChI is InChI=1S/C29H23N3O3/c33-26(30-15-6-9-19-7-2-1-3-8-19)18-35-20-12-13-25-24(17-20)22-14-16-31-27-21-10-4-5-11-23(21)29(34)32(25)28(22)27/h1-5,7-8,10-14,16-17H,6,9,15,18H2,(H,30,33). The Hall–Kier alpha value is -4.45. The van der Waals surface area contributed by atoms with E-state index in [9.17, 15) is 9.59 Å². The van der Waals surface area contributed by atoms with E-state index in [0.29, 0.717) is 17.7 Å². The van der Waals surface area contributed by atoms with Crippen LogP contribution in [0.3, 0.4) is 0 Å². The largest absolute Gasteiger partial charge is 0.484 e. The molecule has 0 radical (unpaired) electrons. The van der Waals surface area contributed by atoms with Crippen LogP contribution in [-0.2, 0) is 11.2 Å². The van der Waals surface area contributed by atoms with Crippen molar-refractivity contribution in [1.82, 2.24) is 14.7 Å². The number of carbonyl (C=O) groups is 1. The zero-order valence-corrected chi connectivity index (χ0v) is 19.0. The number of ether oxygens (including phenoxy) is 1. The van der Waals surface area contributed by atoms with Gasteiger partial charge in [0.05, 0.1) is 16.6 Å². The number of nitrogens with zero attached hydrogens (tertiary/aromatic N) is 2. The molecule has 3 heterocycles. The van der Waals surface area contributed by atoms with E-state index in [1.54, 1.807) is 16.7 Å². The van der Waals surface area contributed by atoms with Crippen LogP contribution in [0, 0.1) is 0 Å². The van der Waals surface area contributed by atoms with Crippen LogP contribution in [0.1, 0.15) is 12.0 Å². The molecule has 172 valence electrons. The average Bonchev–Trinajstić information content (AvgIpc) is 3.24. The molecule has 0 atom stereocenters. The van der Waals surface area contributed by atoms with Gasteiger partial charge in [0.15, 0.2) is 6.61 Å². The van der Waals surface area contributed by atoms with Gasteiger partial charge in [-0.15, -0.1) is 0 Å². The Bertz CT molecular complexity index is 1740. The molecule has 3 aromatic heterocycles. The van der Waals surface area contributed by atoms with Crippen LogP contribution in [0.2, 0.25) is 0 Å². The predicted molar refractivity (Wildman–Crippen MR) is 138 cm³/mol. The topological polar surface area (TPSA) is 72.7 Å². The maximum absolute atomic E-state index is 13.3. The molecular weight excluding hydrogens is 438 g/mol. The number of nitrogens with one attached hydrogen (secondary N) is 1. The number of amides is 1. The van der Waals surface area contributed by atoms with E-state index in [1.165, 1.54) is 5.56 Å². The van der Waals surface area contributed by atoms with E-state index in [2.05, 4.69) is 22.4 Å². The SMILES string of the molecule is O=C(COc1ccc2c(c1)c1ccnc3c4ccccc4c(=O)n2c13)NCCCc1ccccc1. The number of benzene rings is 3. The first-order valence-corrected chi connectivity index (χ1v) is 11.7. The Morgan fingerprint density at radius 3 is 2.54 bits per heavy atom. The van der Waals surface area contributed by atoms with Crippen molar-refractivity contribution in [1.29, 1.82) is 0 Å². The molecule has 3 aromatic carbocycles. The van der Waals surface area contributed by atoms with Crippen molar-refractivity contribution in [2.75, 3.05) is 13.2 Å². The number of hydrogen-bond donors (Lipinski definition) is 1. The van der Waals surface area contributed by atoms with E-state index in [4.69, 9.17) is 4.74 Å². The van der Waals surface area contributed by atoms with Crippen LogP contribution < -0.4 is 15.6 Å². The van der Waals surface area contributed by atoms with Crippen LogP contribution in [-0.4, -0.2) is 28.4 Å². The first-order chi connectivity index (χ1) is 17.2. The smallest absolute Gasteiger partial charge is 0.263 e. The van der Waals surface area contributed by atoms with Gasteiger partial charge in [-0.05, 0) is 48.7 Å². The van der Waals surface area contributed by atoms with Gasteiger partial charge < -0.3 is 10.1 Å². The third-order valence-corrected chi connectivity index (χ3v) is 6.44. The molecule has 0 aliphatic heterocycles. The molecule has 0 aliphatic carbocycles. The summed E-state index contributed by atoms with van der Waals surface area (Å²) in [6.45, 7) is 0.536. The van der Waals surface area contributed by atoms with Crippen molar-refractivity contribution in [2.45, 2.75) is 12.8 Å². The van der Waals surface area contributed by atoms with Crippen LogP contribution >= 0.6 is 0 Å². The van der Waals surface area contributed by atoms with Gasteiger partial charge in [-0.25, -0.2) is 0 Å². The second-order valence-electron chi connectivity index (χ2n) is 8.65. The fourth-order valence-electron chi connectivity index (χ4n) is 4.80. The normalized spacial score (nSPS) is 11.5. The second-order valence-corrected chi connectivity index (χ2v) is 8.65. The highest BCUT2D eigenvalue weighted by Gasteiger charge is 2.18. The van der Waals surface area contributed by atoms with Crippen LogP contribution in [0.15, 0.2) is 89.9 Å². The fourth-order valence-corrected chi connectivity index (χ4v) is 4.80. The van der Waals surface area contributed by atoms with E-state index < -0.39 is 0 Å². The molecule has 6 nitrogen and oxygen atoms in total. The first-order valence-electron chi connectivity index (χ1n) is 11.7. The molecule has 6 heteroatoms. The van der Waals surface area contributed by atoms with Gasteiger partial charge in [0.25, 0.3) is 11.5 Å². The minimum absolute atomic E-state index is 0.0628. The van der Waals surface area contributed by atoms with Crippen LogP contribution in [0.4, 0.5) is 0 Å². The number of hydrogen-bond acceptors (Lipinski definition) is 4. The third kappa shape index (κ3) is 3.73. The van der Waals surface area contributed by atoms with Crippen molar-refractivity contribution in [3.8, 4) is 5.75 Å². The van der Waals surface area contributed by atoms with Crippen LogP contribution in [0.25, 0.3) is 38.1 Å². The van der Waals surface area contributed by atoms with Gasteiger partial charge in [-0.3, -0.25) is 19.0 Å². The summed E-state index contributed by atoms with van der Waals surface area (Å²) in [7, 11) is 0. The molecule has 0 saturated heterocycles. The molecule has 0 spiro atoms. The Labute approximate surface area is 201 Å². The minimum Gasteiger partial charge on any atom is -0.484 e. The summed E-state index contributed by atoms with van der Waals surface area (Å²) in [6, 6.07) is 25.3. The summed E-state index contributed by atoms with van der Waals surface area (Å²) in [6.07, 6.45) is 3.56. The number of aromatic nitrogens is 2. The summed E-state index contributed by atoms with van der Waals surface area (Å²) in [5.41, 5.74) is 3.59. The molecule has 6 aromatic rings. The van der Waals surface area contributed by atoms with Crippen LogP contribution in [0.5, 0.6) is 5.75 Å². The summed E-state index contributed by atoms with van der Waals surface area (Å²) < 4.78 is 7.53. The maximum Gasteiger partial charge on any atom is 0.263 e. The van der Waals surface area contributed by atoms with E-state index in [0.717, 1.165) is 45.6 Å². The number of pyridine rings is 2. The van der Waals surface area contributed by atoms with Crippen molar-refractivity contribution in [3.05, 3.63) is 101 Å². The van der Waals surface area contributed by atoms with Gasteiger partial charge in [-0.2, -0.15) is 0 Å². The van der Waals surface area contributed by atoms with Gasteiger partial charge in [0.1, 0.15) is 5.75 Å². The lowest BCUT2D eigenvalue weighted by Crippen LogP contribution is -2.29. The minimum atomic E-state index is -0.157. The summed E-state index contributed by atoms with van der Waals surface area (Å²) in [5, 5.41) is 6.23. The molecule has 0 fully saturated rings. The summed E-state index contributed by atoms with van der Waals surface area (Å²) >= 11 is 0. The Kier molecular flexibility index (Phi) is 5.26. The Balaban J connectivity index is 1.23. The Morgan fingerprint density at radius 2 is 1.69 bits per heavy atom. The molecule has 0 unspecified atom stereocenters. The fraction of sp³-hybridized carbons (Fsp3) is 0.138. The average molecular weight is 462 g/mol. The quantitative estimate of drug-likeness (QED) is 0.276. The first kappa shape index (κ1) is 21.1. The van der Waals surface area contributed by atoms with E-state index >= 15 is 0 Å². The van der Waals surface area contributed by atoms with Crippen molar-refractivity contribution < 1.29 is 9.53 Å². The highest BCUT2D eigenvalue weighted by atomic mass is 16.5. The molecule has 0 bridgehead atoms. The van der Waals surface area contributed by atoms with E-state index in [1.807, 2.05) is 60.7 Å². The van der Waals surface area contributed by atoms with E-state index in [-0.39, 0.29) is 18.1 Å². The maximum atomic E-state index is 13.3. The van der Waals surface area contributed by atoms with Crippen molar-refractivity contribution >= 4 is 44.0 Å². The van der Waals surface area contributed by atoms with Crippen molar-refractivity contribution in [3.63, 3.8) is 0 Å². The predicted octanol–water partition coefficient (Wildman–Crippen LogP) is 4.72. The molecule has 1 amide bonds. The van der Waals surface area contributed by atoms with Gasteiger partial charge >= 0.3 is 0 Å². The lowest BCUT2D eigenvalue weighted by molar-refractivity contribution is -0.123. The highest BCUT2D eigenvalue weighted by Crippen LogP contribution is 2.34. The molecule has 0 saturated carbocycles. The monoisotopic (exact) mass is 461 g/mol. The molecule has 35 heavy (non-hydrogen) atoms. The molecular formula is C29H23N3O3. The second kappa shape index (κ2) is 8.72. The Morgan fingerprint density at radius 1 is 0.886 bits per heavy atom. The number of aryl methyl sites for hydroxylation is 1. The molecule has 1 N–H and O–H groups in total.